The van der Waals surface area contributed by atoms with Crippen molar-refractivity contribution in [2.45, 2.75) is 50.9 Å². The molecule has 0 atom stereocenters. The number of hydrogen-bond acceptors (Lipinski definition) is 4. The molecular formula is C16H21N3O2. The molecule has 3 rings (SSSR count). The number of esters is 1. The third kappa shape index (κ3) is 2.91. The van der Waals surface area contributed by atoms with E-state index in [-0.39, 0.29) is 5.97 Å². The van der Waals surface area contributed by atoms with Gasteiger partial charge in [0.05, 0.1) is 12.7 Å². The number of hydrogen-bond donors (Lipinski definition) is 0. The summed E-state index contributed by atoms with van der Waals surface area (Å²) in [6.45, 7) is 0. The Morgan fingerprint density at radius 3 is 2.57 bits per heavy atom. The minimum atomic E-state index is -0.325. The molecule has 0 radical (unpaired) electrons. The summed E-state index contributed by atoms with van der Waals surface area (Å²) in [5, 5.41) is 8.61. The van der Waals surface area contributed by atoms with Crippen LogP contribution in [0, 0.1) is 0 Å². The fraction of sp³-hybridized carbons (Fsp3) is 0.562. The maximum Gasteiger partial charge on any atom is 0.339 e. The Balaban J connectivity index is 1.95. The maximum atomic E-state index is 11.7. The summed E-state index contributed by atoms with van der Waals surface area (Å²) in [6.07, 6.45) is 10.6. The second kappa shape index (κ2) is 6.24. The van der Waals surface area contributed by atoms with Gasteiger partial charge in [0.2, 0.25) is 0 Å². The molecule has 0 N–H and O–H groups in total. The van der Waals surface area contributed by atoms with Gasteiger partial charge in [0.1, 0.15) is 5.82 Å². The molecule has 0 aromatic carbocycles. The van der Waals surface area contributed by atoms with Crippen LogP contribution in [0.15, 0.2) is 18.3 Å². The average molecular weight is 287 g/mol. The maximum absolute atomic E-state index is 11.7. The molecule has 0 amide bonds. The molecule has 0 spiro atoms. The Bertz CT molecular complexity index is 627. The van der Waals surface area contributed by atoms with E-state index in [4.69, 9.17) is 4.74 Å². The van der Waals surface area contributed by atoms with E-state index in [0.717, 1.165) is 24.3 Å². The van der Waals surface area contributed by atoms with Crippen LogP contribution in [0.2, 0.25) is 0 Å². The molecule has 1 aliphatic carbocycles. The molecule has 5 heteroatoms. The number of nitrogens with zero attached hydrogens (tertiary/aromatic N) is 3. The van der Waals surface area contributed by atoms with Crippen LogP contribution in [0.4, 0.5) is 0 Å². The van der Waals surface area contributed by atoms with Crippen molar-refractivity contribution in [3.05, 3.63) is 29.7 Å². The highest BCUT2D eigenvalue weighted by molar-refractivity contribution is 5.89. The van der Waals surface area contributed by atoms with E-state index >= 15 is 0 Å². The molecule has 1 aliphatic rings. The number of ether oxygens (including phenoxy) is 1. The molecule has 21 heavy (non-hydrogen) atoms. The van der Waals surface area contributed by atoms with Gasteiger partial charge >= 0.3 is 5.97 Å². The van der Waals surface area contributed by atoms with Gasteiger partial charge in [-0.2, -0.15) is 0 Å². The zero-order valence-corrected chi connectivity index (χ0v) is 12.4. The van der Waals surface area contributed by atoms with E-state index in [9.17, 15) is 4.79 Å². The summed E-state index contributed by atoms with van der Waals surface area (Å²) < 4.78 is 6.75. The molecule has 0 unspecified atom stereocenters. The lowest BCUT2D eigenvalue weighted by Crippen LogP contribution is -2.08. The molecule has 2 heterocycles. The Kier molecular flexibility index (Phi) is 4.18. The van der Waals surface area contributed by atoms with Crippen molar-refractivity contribution < 1.29 is 9.53 Å². The number of carbonyl (C=O) groups is 1. The Morgan fingerprint density at radius 1 is 1.14 bits per heavy atom. The van der Waals surface area contributed by atoms with E-state index in [1.165, 1.54) is 39.2 Å². The standard InChI is InChI=1S/C16H21N3O2/c1-21-16(20)13-9-10-14-17-18-15(19(14)11-13)12-7-5-3-2-4-6-8-12/h9-12H,2-8H2,1H3. The number of methoxy groups -OCH3 is 1. The fourth-order valence-corrected chi connectivity index (χ4v) is 3.14. The van der Waals surface area contributed by atoms with Crippen LogP contribution in [-0.2, 0) is 4.74 Å². The fourth-order valence-electron chi connectivity index (χ4n) is 3.14. The van der Waals surface area contributed by atoms with Crippen molar-refractivity contribution in [2.75, 3.05) is 7.11 Å². The Morgan fingerprint density at radius 2 is 1.86 bits per heavy atom. The number of pyridine rings is 1. The SMILES string of the molecule is COC(=O)c1ccc2nnc(C3CCCCCCC3)n2c1. The monoisotopic (exact) mass is 287 g/mol. The van der Waals surface area contributed by atoms with Crippen LogP contribution in [0.3, 0.4) is 0 Å². The predicted molar refractivity (Wildman–Crippen MR) is 79.4 cm³/mol. The molecule has 0 bridgehead atoms. The molecular weight excluding hydrogens is 266 g/mol. The van der Waals surface area contributed by atoms with Gasteiger partial charge in [0.25, 0.3) is 0 Å². The highest BCUT2D eigenvalue weighted by Gasteiger charge is 2.20. The van der Waals surface area contributed by atoms with Crippen LogP contribution in [0.5, 0.6) is 0 Å². The van der Waals surface area contributed by atoms with Crippen LogP contribution in [-0.4, -0.2) is 27.7 Å². The summed E-state index contributed by atoms with van der Waals surface area (Å²) in [7, 11) is 1.40. The van der Waals surface area contributed by atoms with Crippen molar-refractivity contribution in [1.82, 2.24) is 14.6 Å². The van der Waals surface area contributed by atoms with Gasteiger partial charge in [-0.05, 0) is 25.0 Å². The zero-order chi connectivity index (χ0) is 14.7. The summed E-state index contributed by atoms with van der Waals surface area (Å²) in [5.74, 6) is 1.10. The smallest absolute Gasteiger partial charge is 0.339 e. The first-order valence-electron chi connectivity index (χ1n) is 7.72. The molecule has 0 aliphatic heterocycles. The highest BCUT2D eigenvalue weighted by Crippen LogP contribution is 2.30. The van der Waals surface area contributed by atoms with Crippen molar-refractivity contribution in [2.24, 2.45) is 0 Å². The summed E-state index contributed by atoms with van der Waals surface area (Å²) in [5.41, 5.74) is 1.33. The van der Waals surface area contributed by atoms with Crippen molar-refractivity contribution in [1.29, 1.82) is 0 Å². The highest BCUT2D eigenvalue weighted by atomic mass is 16.5. The van der Waals surface area contributed by atoms with E-state index in [1.807, 2.05) is 10.5 Å². The predicted octanol–water partition coefficient (Wildman–Crippen LogP) is 3.34. The second-order valence-electron chi connectivity index (χ2n) is 5.74. The largest absolute Gasteiger partial charge is 0.465 e. The lowest BCUT2D eigenvalue weighted by Gasteiger charge is -2.18. The van der Waals surface area contributed by atoms with E-state index < -0.39 is 0 Å². The Labute approximate surface area is 124 Å². The van der Waals surface area contributed by atoms with Crippen molar-refractivity contribution >= 4 is 11.6 Å². The third-order valence-corrected chi connectivity index (χ3v) is 4.32. The van der Waals surface area contributed by atoms with Gasteiger partial charge in [0.15, 0.2) is 5.65 Å². The number of aromatic nitrogens is 3. The van der Waals surface area contributed by atoms with Crippen LogP contribution in [0.1, 0.15) is 67.0 Å². The normalized spacial score (nSPS) is 17.4. The molecule has 2 aromatic heterocycles. The summed E-state index contributed by atoms with van der Waals surface area (Å²) >= 11 is 0. The van der Waals surface area contributed by atoms with Crippen LogP contribution in [0.25, 0.3) is 5.65 Å². The molecule has 1 saturated carbocycles. The van der Waals surface area contributed by atoms with Crippen molar-refractivity contribution in [3.63, 3.8) is 0 Å². The minimum absolute atomic E-state index is 0.325. The van der Waals surface area contributed by atoms with Crippen LogP contribution < -0.4 is 0 Å². The lowest BCUT2D eigenvalue weighted by molar-refractivity contribution is 0.0600. The minimum Gasteiger partial charge on any atom is -0.465 e. The number of fused-ring (bicyclic) bond motifs is 1. The molecule has 2 aromatic rings. The summed E-state index contributed by atoms with van der Waals surface area (Å²) in [6, 6.07) is 3.56. The molecule has 0 saturated heterocycles. The zero-order valence-electron chi connectivity index (χ0n) is 12.4. The number of carbonyl (C=O) groups excluding carboxylic acids is 1. The van der Waals surface area contributed by atoms with Gasteiger partial charge in [-0.3, -0.25) is 4.40 Å². The molecule has 5 nitrogen and oxygen atoms in total. The first-order valence-corrected chi connectivity index (χ1v) is 7.72. The van der Waals surface area contributed by atoms with Gasteiger partial charge in [-0.15, -0.1) is 10.2 Å². The first-order chi connectivity index (χ1) is 10.3. The second-order valence-corrected chi connectivity index (χ2v) is 5.74. The topological polar surface area (TPSA) is 56.5 Å². The quantitative estimate of drug-likeness (QED) is 0.795. The van der Waals surface area contributed by atoms with E-state index in [0.29, 0.717) is 11.5 Å². The average Bonchev–Trinajstić information content (AvgIpc) is 2.89. The lowest BCUT2D eigenvalue weighted by atomic mass is 9.90. The van der Waals surface area contributed by atoms with Gasteiger partial charge in [-0.1, -0.05) is 32.1 Å². The Hall–Kier alpha value is -1.91. The van der Waals surface area contributed by atoms with Crippen molar-refractivity contribution in [3.8, 4) is 0 Å². The number of rotatable bonds is 2. The first kappa shape index (κ1) is 14.0. The third-order valence-electron chi connectivity index (χ3n) is 4.32. The van der Waals surface area contributed by atoms with Gasteiger partial charge in [-0.25, -0.2) is 4.79 Å². The van der Waals surface area contributed by atoms with E-state index in [2.05, 4.69) is 10.2 Å². The van der Waals surface area contributed by atoms with Gasteiger partial charge < -0.3 is 4.74 Å². The van der Waals surface area contributed by atoms with E-state index in [1.54, 1.807) is 12.3 Å². The van der Waals surface area contributed by atoms with Crippen LogP contribution >= 0.6 is 0 Å². The molecule has 1 fully saturated rings. The van der Waals surface area contributed by atoms with Gasteiger partial charge in [0, 0.05) is 12.1 Å². The molecule has 112 valence electrons. The summed E-state index contributed by atoms with van der Waals surface area (Å²) in [4.78, 5) is 11.7.